The second-order valence-electron chi connectivity index (χ2n) is 6.00. The maximum atomic E-state index is 12.5. The van der Waals surface area contributed by atoms with Crippen molar-refractivity contribution in [3.05, 3.63) is 53.6 Å². The Bertz CT molecular complexity index is 809. The van der Waals surface area contributed by atoms with Crippen LogP contribution in [-0.2, 0) is 12.6 Å². The third-order valence-corrected chi connectivity index (χ3v) is 3.99. The summed E-state index contributed by atoms with van der Waals surface area (Å²) in [6.45, 7) is 1.08. The lowest BCUT2D eigenvalue weighted by atomic mass is 10.1. The summed E-state index contributed by atoms with van der Waals surface area (Å²) in [6, 6.07) is 10.2. The molecular formula is C20H24F3N3O3. The number of alkyl halides is 3. The van der Waals surface area contributed by atoms with E-state index in [1.54, 1.807) is 14.2 Å². The maximum Gasteiger partial charge on any atom is 0.416 e. The van der Waals surface area contributed by atoms with Gasteiger partial charge in [-0.2, -0.15) is 13.2 Å². The predicted octanol–water partition coefficient (Wildman–Crippen LogP) is 3.25. The number of hydrogen-bond donors (Lipinski definition) is 2. The van der Waals surface area contributed by atoms with Crippen LogP contribution in [0.1, 0.15) is 11.1 Å². The molecule has 0 bridgehead atoms. The number of benzene rings is 2. The number of rotatable bonds is 9. The van der Waals surface area contributed by atoms with Gasteiger partial charge in [-0.1, -0.05) is 6.07 Å². The molecule has 2 aromatic rings. The van der Waals surface area contributed by atoms with Crippen molar-refractivity contribution >= 4 is 5.96 Å². The molecule has 2 rings (SSSR count). The van der Waals surface area contributed by atoms with Crippen LogP contribution in [0.25, 0.3) is 0 Å². The van der Waals surface area contributed by atoms with Crippen molar-refractivity contribution in [2.24, 2.45) is 10.7 Å². The lowest BCUT2D eigenvalue weighted by molar-refractivity contribution is -0.137. The Morgan fingerprint density at radius 2 is 1.72 bits per heavy atom. The fraction of sp³-hybridized carbons (Fsp3) is 0.350. The highest BCUT2D eigenvalue weighted by atomic mass is 19.4. The van der Waals surface area contributed by atoms with Crippen molar-refractivity contribution in [1.29, 1.82) is 0 Å². The molecule has 0 amide bonds. The smallest absolute Gasteiger partial charge is 0.416 e. The second kappa shape index (κ2) is 10.4. The van der Waals surface area contributed by atoms with Crippen LogP contribution in [0.5, 0.6) is 17.2 Å². The molecule has 158 valence electrons. The van der Waals surface area contributed by atoms with E-state index in [1.807, 2.05) is 18.2 Å². The number of guanidine groups is 1. The van der Waals surface area contributed by atoms with E-state index in [1.165, 1.54) is 12.1 Å². The van der Waals surface area contributed by atoms with Crippen LogP contribution in [0.2, 0.25) is 0 Å². The first-order valence-electron chi connectivity index (χ1n) is 8.88. The molecule has 29 heavy (non-hydrogen) atoms. The topological polar surface area (TPSA) is 78.1 Å². The Hall–Kier alpha value is -3.10. The molecule has 6 nitrogen and oxygen atoms in total. The summed E-state index contributed by atoms with van der Waals surface area (Å²) in [5.74, 6) is 1.93. The first-order chi connectivity index (χ1) is 13.8. The van der Waals surface area contributed by atoms with Gasteiger partial charge in [-0.25, -0.2) is 0 Å². The minimum absolute atomic E-state index is 0.233. The third-order valence-electron chi connectivity index (χ3n) is 3.99. The number of nitrogens with one attached hydrogen (secondary N) is 1. The Morgan fingerprint density at radius 1 is 1.03 bits per heavy atom. The zero-order valence-corrected chi connectivity index (χ0v) is 16.3. The fourth-order valence-corrected chi connectivity index (χ4v) is 2.49. The normalized spacial score (nSPS) is 11.8. The van der Waals surface area contributed by atoms with Gasteiger partial charge in [0, 0.05) is 6.54 Å². The SMILES string of the molecule is COc1ccc(CCN=C(N)NCCOc2ccc(C(F)(F)F)cc2)cc1OC. The van der Waals surface area contributed by atoms with Crippen molar-refractivity contribution in [2.45, 2.75) is 12.6 Å². The molecule has 0 aliphatic heterocycles. The molecular weight excluding hydrogens is 387 g/mol. The van der Waals surface area contributed by atoms with Crippen LogP contribution in [-0.4, -0.2) is 39.9 Å². The first kappa shape index (κ1) is 22.2. The van der Waals surface area contributed by atoms with Crippen molar-refractivity contribution < 1.29 is 27.4 Å². The van der Waals surface area contributed by atoms with Crippen LogP contribution >= 0.6 is 0 Å². The molecule has 9 heteroatoms. The quantitative estimate of drug-likeness (QED) is 0.376. The number of halogens is 3. The summed E-state index contributed by atoms with van der Waals surface area (Å²) < 4.78 is 53.4. The highest BCUT2D eigenvalue weighted by Gasteiger charge is 2.29. The average Bonchev–Trinajstić information content (AvgIpc) is 2.70. The molecule has 2 aromatic carbocycles. The van der Waals surface area contributed by atoms with E-state index in [9.17, 15) is 13.2 Å². The number of methoxy groups -OCH3 is 2. The Labute approximate surface area is 167 Å². The lowest BCUT2D eigenvalue weighted by Gasteiger charge is -2.10. The highest BCUT2D eigenvalue weighted by molar-refractivity contribution is 5.77. The minimum Gasteiger partial charge on any atom is -0.493 e. The average molecular weight is 411 g/mol. The molecule has 0 radical (unpaired) electrons. The molecule has 0 atom stereocenters. The fourth-order valence-electron chi connectivity index (χ4n) is 2.49. The number of aliphatic imine (C=N–C) groups is 1. The zero-order valence-electron chi connectivity index (χ0n) is 16.3. The summed E-state index contributed by atoms with van der Waals surface area (Å²) in [5, 5.41) is 2.89. The van der Waals surface area contributed by atoms with Crippen LogP contribution in [0.3, 0.4) is 0 Å². The molecule has 0 aromatic heterocycles. The van der Waals surface area contributed by atoms with Crippen molar-refractivity contribution in [2.75, 3.05) is 33.9 Å². The summed E-state index contributed by atoms with van der Waals surface area (Å²) >= 11 is 0. The number of nitrogens with zero attached hydrogens (tertiary/aromatic N) is 1. The Kier molecular flexibility index (Phi) is 7.99. The molecule has 0 spiro atoms. The van der Waals surface area contributed by atoms with Gasteiger partial charge in [0.15, 0.2) is 17.5 Å². The van der Waals surface area contributed by atoms with Gasteiger partial charge in [0.25, 0.3) is 0 Å². The van der Waals surface area contributed by atoms with Gasteiger partial charge in [0.05, 0.1) is 26.3 Å². The molecule has 0 heterocycles. The largest absolute Gasteiger partial charge is 0.493 e. The van der Waals surface area contributed by atoms with Gasteiger partial charge in [-0.15, -0.1) is 0 Å². The summed E-state index contributed by atoms with van der Waals surface area (Å²) in [6.07, 6.45) is -3.69. The van der Waals surface area contributed by atoms with Crippen LogP contribution in [0, 0.1) is 0 Å². The molecule has 0 aliphatic rings. The highest BCUT2D eigenvalue weighted by Crippen LogP contribution is 2.30. The zero-order chi connectivity index (χ0) is 21.3. The van der Waals surface area contributed by atoms with Crippen LogP contribution in [0.15, 0.2) is 47.5 Å². The second-order valence-corrected chi connectivity index (χ2v) is 6.00. The summed E-state index contributed by atoms with van der Waals surface area (Å²) in [4.78, 5) is 4.23. The van der Waals surface area contributed by atoms with Crippen molar-refractivity contribution in [1.82, 2.24) is 5.32 Å². The van der Waals surface area contributed by atoms with E-state index < -0.39 is 11.7 Å². The Balaban J connectivity index is 1.71. The van der Waals surface area contributed by atoms with Gasteiger partial charge < -0.3 is 25.3 Å². The van der Waals surface area contributed by atoms with Crippen LogP contribution < -0.4 is 25.3 Å². The van der Waals surface area contributed by atoms with E-state index in [4.69, 9.17) is 19.9 Å². The van der Waals surface area contributed by atoms with E-state index in [0.717, 1.165) is 17.7 Å². The lowest BCUT2D eigenvalue weighted by Crippen LogP contribution is -2.35. The minimum atomic E-state index is -4.36. The monoisotopic (exact) mass is 411 g/mol. The van der Waals surface area contributed by atoms with Crippen molar-refractivity contribution in [3.8, 4) is 17.2 Å². The number of nitrogens with two attached hydrogens (primary N) is 1. The summed E-state index contributed by atoms with van der Waals surface area (Å²) in [7, 11) is 3.16. The van der Waals surface area contributed by atoms with Crippen LogP contribution in [0.4, 0.5) is 13.2 Å². The van der Waals surface area contributed by atoms with Gasteiger partial charge in [-0.05, 0) is 48.4 Å². The molecule has 0 unspecified atom stereocenters. The van der Waals surface area contributed by atoms with Crippen molar-refractivity contribution in [3.63, 3.8) is 0 Å². The van der Waals surface area contributed by atoms with Gasteiger partial charge >= 0.3 is 6.18 Å². The number of hydrogen-bond acceptors (Lipinski definition) is 4. The molecule has 0 aliphatic carbocycles. The first-order valence-corrected chi connectivity index (χ1v) is 8.88. The molecule has 0 saturated heterocycles. The van der Waals surface area contributed by atoms with E-state index in [0.29, 0.717) is 36.8 Å². The predicted molar refractivity (Wildman–Crippen MR) is 105 cm³/mol. The molecule has 3 N–H and O–H groups in total. The van der Waals surface area contributed by atoms with Gasteiger partial charge in [0.1, 0.15) is 12.4 Å². The van der Waals surface area contributed by atoms with Gasteiger partial charge in [0.2, 0.25) is 0 Å². The third kappa shape index (κ3) is 7.10. The summed E-state index contributed by atoms with van der Waals surface area (Å²) in [5.41, 5.74) is 6.12. The van der Waals surface area contributed by atoms with E-state index in [-0.39, 0.29) is 12.6 Å². The molecule has 0 saturated carbocycles. The number of ether oxygens (including phenoxy) is 3. The van der Waals surface area contributed by atoms with E-state index in [2.05, 4.69) is 10.3 Å². The molecule has 0 fully saturated rings. The Morgan fingerprint density at radius 3 is 2.34 bits per heavy atom. The van der Waals surface area contributed by atoms with Gasteiger partial charge in [-0.3, -0.25) is 4.99 Å². The standard InChI is InChI=1S/C20H24F3N3O3/c1-27-17-8-3-14(13-18(17)28-2)9-10-25-19(24)26-11-12-29-16-6-4-15(5-7-16)20(21,22)23/h3-8,13H,9-12H2,1-2H3,(H3,24,25,26). The maximum absolute atomic E-state index is 12.5. The van der Waals surface area contributed by atoms with E-state index >= 15 is 0 Å².